The SMILES string of the molecule is COC(=O)c1ccnc(N(C)C)n1. The molecule has 0 aliphatic heterocycles. The lowest BCUT2D eigenvalue weighted by atomic mass is 10.4. The third-order valence-electron chi connectivity index (χ3n) is 1.44. The molecule has 1 heterocycles. The minimum Gasteiger partial charge on any atom is -0.464 e. The lowest BCUT2D eigenvalue weighted by Crippen LogP contribution is -2.15. The van der Waals surface area contributed by atoms with Gasteiger partial charge in [-0.05, 0) is 6.07 Å². The number of carbonyl (C=O) groups is 1. The zero-order chi connectivity index (χ0) is 9.84. The van der Waals surface area contributed by atoms with Gasteiger partial charge in [0.1, 0.15) is 0 Å². The van der Waals surface area contributed by atoms with Gasteiger partial charge in [-0.15, -0.1) is 0 Å². The van der Waals surface area contributed by atoms with Crippen molar-refractivity contribution in [1.29, 1.82) is 0 Å². The Balaban J connectivity index is 2.98. The van der Waals surface area contributed by atoms with Gasteiger partial charge in [0.2, 0.25) is 5.95 Å². The Labute approximate surface area is 76.4 Å². The summed E-state index contributed by atoms with van der Waals surface area (Å²) in [4.78, 5) is 20.7. The fraction of sp³-hybridized carbons (Fsp3) is 0.375. The first-order valence-electron chi connectivity index (χ1n) is 3.74. The van der Waals surface area contributed by atoms with Gasteiger partial charge < -0.3 is 9.64 Å². The second-order valence-corrected chi connectivity index (χ2v) is 2.63. The van der Waals surface area contributed by atoms with Crippen molar-refractivity contribution in [2.75, 3.05) is 26.1 Å². The van der Waals surface area contributed by atoms with E-state index in [-0.39, 0.29) is 5.69 Å². The monoisotopic (exact) mass is 181 g/mol. The van der Waals surface area contributed by atoms with E-state index in [0.717, 1.165) is 0 Å². The van der Waals surface area contributed by atoms with E-state index >= 15 is 0 Å². The maximum atomic E-state index is 11.1. The second kappa shape index (κ2) is 3.84. The molecule has 70 valence electrons. The van der Waals surface area contributed by atoms with Crippen molar-refractivity contribution >= 4 is 11.9 Å². The normalized spacial score (nSPS) is 9.46. The molecule has 0 amide bonds. The minimum atomic E-state index is -0.453. The van der Waals surface area contributed by atoms with Crippen molar-refractivity contribution < 1.29 is 9.53 Å². The average Bonchev–Trinajstić information content (AvgIpc) is 2.17. The predicted molar refractivity (Wildman–Crippen MR) is 47.7 cm³/mol. The fourth-order valence-electron chi connectivity index (χ4n) is 0.782. The van der Waals surface area contributed by atoms with Crippen LogP contribution in [0.4, 0.5) is 5.95 Å². The second-order valence-electron chi connectivity index (χ2n) is 2.63. The Kier molecular flexibility index (Phi) is 2.79. The number of methoxy groups -OCH3 is 1. The first-order chi connectivity index (χ1) is 6.15. The minimum absolute atomic E-state index is 0.265. The molecule has 13 heavy (non-hydrogen) atoms. The van der Waals surface area contributed by atoms with Gasteiger partial charge >= 0.3 is 5.97 Å². The molecular formula is C8H11N3O2. The van der Waals surface area contributed by atoms with E-state index in [1.54, 1.807) is 19.0 Å². The van der Waals surface area contributed by atoms with Gasteiger partial charge in [0.15, 0.2) is 5.69 Å². The van der Waals surface area contributed by atoms with E-state index in [0.29, 0.717) is 5.95 Å². The molecule has 5 nitrogen and oxygen atoms in total. The predicted octanol–water partition coefficient (Wildman–Crippen LogP) is 0.329. The Hall–Kier alpha value is -1.65. The van der Waals surface area contributed by atoms with Crippen LogP contribution in [0, 0.1) is 0 Å². The van der Waals surface area contributed by atoms with E-state index in [2.05, 4.69) is 14.7 Å². The smallest absolute Gasteiger partial charge is 0.356 e. The summed E-state index contributed by atoms with van der Waals surface area (Å²) in [5, 5.41) is 0. The topological polar surface area (TPSA) is 55.3 Å². The van der Waals surface area contributed by atoms with Crippen molar-refractivity contribution in [3.05, 3.63) is 18.0 Å². The van der Waals surface area contributed by atoms with Crippen LogP contribution in [0.3, 0.4) is 0 Å². The third-order valence-corrected chi connectivity index (χ3v) is 1.44. The Morgan fingerprint density at radius 2 is 2.23 bits per heavy atom. The van der Waals surface area contributed by atoms with Gasteiger partial charge in [-0.2, -0.15) is 0 Å². The number of anilines is 1. The van der Waals surface area contributed by atoms with Gasteiger partial charge in [0, 0.05) is 20.3 Å². The molecule has 0 bridgehead atoms. The van der Waals surface area contributed by atoms with E-state index in [1.165, 1.54) is 19.4 Å². The van der Waals surface area contributed by atoms with Gasteiger partial charge in [-0.25, -0.2) is 14.8 Å². The quantitative estimate of drug-likeness (QED) is 0.615. The molecular weight excluding hydrogens is 170 g/mol. The fourth-order valence-corrected chi connectivity index (χ4v) is 0.782. The first-order valence-corrected chi connectivity index (χ1v) is 3.74. The summed E-state index contributed by atoms with van der Waals surface area (Å²) < 4.78 is 4.52. The zero-order valence-electron chi connectivity index (χ0n) is 7.81. The molecule has 0 spiro atoms. The molecule has 0 fully saturated rings. The molecule has 0 unspecified atom stereocenters. The van der Waals surface area contributed by atoms with Crippen LogP contribution in [0.15, 0.2) is 12.3 Å². The highest BCUT2D eigenvalue weighted by molar-refractivity contribution is 5.87. The number of carbonyl (C=O) groups excluding carboxylic acids is 1. The number of esters is 1. The molecule has 0 aliphatic carbocycles. The van der Waals surface area contributed by atoms with Crippen molar-refractivity contribution in [3.63, 3.8) is 0 Å². The molecule has 0 saturated heterocycles. The van der Waals surface area contributed by atoms with Crippen molar-refractivity contribution in [3.8, 4) is 0 Å². The van der Waals surface area contributed by atoms with E-state index < -0.39 is 5.97 Å². The molecule has 1 aromatic heterocycles. The summed E-state index contributed by atoms with van der Waals surface area (Å²) in [5.41, 5.74) is 0.265. The van der Waals surface area contributed by atoms with Crippen LogP contribution in [-0.2, 0) is 4.74 Å². The van der Waals surface area contributed by atoms with Crippen LogP contribution < -0.4 is 4.90 Å². The summed E-state index contributed by atoms with van der Waals surface area (Å²) >= 11 is 0. The van der Waals surface area contributed by atoms with E-state index in [4.69, 9.17) is 0 Å². The highest BCUT2D eigenvalue weighted by atomic mass is 16.5. The highest BCUT2D eigenvalue weighted by Crippen LogP contribution is 2.03. The van der Waals surface area contributed by atoms with Gasteiger partial charge in [0.25, 0.3) is 0 Å². The average molecular weight is 181 g/mol. The van der Waals surface area contributed by atoms with Crippen LogP contribution in [0.2, 0.25) is 0 Å². The van der Waals surface area contributed by atoms with Crippen LogP contribution >= 0.6 is 0 Å². The van der Waals surface area contributed by atoms with Gasteiger partial charge in [0.05, 0.1) is 7.11 Å². The van der Waals surface area contributed by atoms with E-state index in [9.17, 15) is 4.79 Å². The molecule has 1 rings (SSSR count). The Morgan fingerprint density at radius 1 is 1.54 bits per heavy atom. The van der Waals surface area contributed by atoms with E-state index in [1.807, 2.05) is 0 Å². The number of hydrogen-bond donors (Lipinski definition) is 0. The lowest BCUT2D eigenvalue weighted by molar-refractivity contribution is 0.0594. The molecule has 0 atom stereocenters. The van der Waals surface area contributed by atoms with Gasteiger partial charge in [-0.1, -0.05) is 0 Å². The van der Waals surface area contributed by atoms with Crippen molar-refractivity contribution in [1.82, 2.24) is 9.97 Å². The standard InChI is InChI=1S/C8H11N3O2/c1-11(2)8-9-5-4-6(10-8)7(12)13-3/h4-5H,1-3H3. The number of rotatable bonds is 2. The van der Waals surface area contributed by atoms with Gasteiger partial charge in [-0.3, -0.25) is 0 Å². The molecule has 0 aliphatic rings. The van der Waals surface area contributed by atoms with Crippen molar-refractivity contribution in [2.45, 2.75) is 0 Å². The number of ether oxygens (including phenoxy) is 1. The molecule has 0 saturated carbocycles. The summed E-state index contributed by atoms with van der Waals surface area (Å²) in [6.45, 7) is 0. The summed E-state index contributed by atoms with van der Waals surface area (Å²) in [5.74, 6) is 0.0356. The maximum absolute atomic E-state index is 11.1. The number of aromatic nitrogens is 2. The lowest BCUT2D eigenvalue weighted by Gasteiger charge is -2.09. The maximum Gasteiger partial charge on any atom is 0.356 e. The summed E-state index contributed by atoms with van der Waals surface area (Å²) in [7, 11) is 4.92. The Morgan fingerprint density at radius 3 is 2.77 bits per heavy atom. The zero-order valence-corrected chi connectivity index (χ0v) is 7.81. The molecule has 5 heteroatoms. The Bertz CT molecular complexity index is 312. The number of nitrogens with zero attached hydrogens (tertiary/aromatic N) is 3. The highest BCUT2D eigenvalue weighted by Gasteiger charge is 2.08. The molecule has 0 radical (unpaired) electrons. The van der Waals surface area contributed by atoms with Crippen LogP contribution in [-0.4, -0.2) is 37.1 Å². The van der Waals surface area contributed by atoms with Crippen LogP contribution in [0.1, 0.15) is 10.5 Å². The molecule has 0 N–H and O–H groups in total. The molecule has 1 aromatic rings. The third kappa shape index (κ3) is 2.14. The number of hydrogen-bond acceptors (Lipinski definition) is 5. The first kappa shape index (κ1) is 9.44. The largest absolute Gasteiger partial charge is 0.464 e. The van der Waals surface area contributed by atoms with Crippen molar-refractivity contribution in [2.24, 2.45) is 0 Å². The summed E-state index contributed by atoms with van der Waals surface area (Å²) in [6.07, 6.45) is 1.52. The summed E-state index contributed by atoms with van der Waals surface area (Å²) in [6, 6.07) is 1.51. The van der Waals surface area contributed by atoms with Crippen LogP contribution in [0.25, 0.3) is 0 Å². The van der Waals surface area contributed by atoms with Crippen LogP contribution in [0.5, 0.6) is 0 Å². The molecule has 0 aromatic carbocycles.